The van der Waals surface area contributed by atoms with Crippen molar-refractivity contribution in [2.24, 2.45) is 0 Å². The molecule has 0 amide bonds. The van der Waals surface area contributed by atoms with E-state index in [2.05, 4.69) is 9.47 Å². The molecule has 0 saturated carbocycles. The normalized spacial score (nSPS) is 10.4. The molecule has 0 aromatic heterocycles. The maximum absolute atomic E-state index is 13.4. The Morgan fingerprint density at radius 3 is 2.20 bits per heavy atom. The highest BCUT2D eigenvalue weighted by atomic mass is 35.5. The lowest BCUT2D eigenvalue weighted by Gasteiger charge is -2.19. The van der Waals surface area contributed by atoms with E-state index < -0.39 is 17.8 Å². The number of ether oxygens (including phenoxy) is 2. The van der Waals surface area contributed by atoms with Gasteiger partial charge in [-0.05, 0) is 17.7 Å². The smallest absolute Gasteiger partial charge is 0.319 e. The van der Waals surface area contributed by atoms with Crippen molar-refractivity contribution in [1.82, 2.24) is 4.90 Å². The number of hydrogen-bond acceptors (Lipinski definition) is 5. The largest absolute Gasteiger partial charge is 0.468 e. The Kier molecular flexibility index (Phi) is 6.41. The zero-order valence-electron chi connectivity index (χ0n) is 11.2. The molecule has 20 heavy (non-hydrogen) atoms. The average molecular weight is 304 g/mol. The Morgan fingerprint density at radius 2 is 1.75 bits per heavy atom. The van der Waals surface area contributed by atoms with Crippen molar-refractivity contribution in [2.75, 3.05) is 27.3 Å². The Labute approximate surface area is 121 Å². The van der Waals surface area contributed by atoms with Crippen LogP contribution in [0.1, 0.15) is 5.56 Å². The quantitative estimate of drug-likeness (QED) is 0.748. The Hall–Kier alpha value is -1.66. The second-order valence-corrected chi connectivity index (χ2v) is 4.45. The molecule has 0 unspecified atom stereocenters. The van der Waals surface area contributed by atoms with Gasteiger partial charge in [-0.1, -0.05) is 17.7 Å². The van der Waals surface area contributed by atoms with Gasteiger partial charge in [0.15, 0.2) is 0 Å². The lowest BCUT2D eigenvalue weighted by atomic mass is 10.2. The van der Waals surface area contributed by atoms with Crippen LogP contribution in [0.2, 0.25) is 5.02 Å². The molecular formula is C13H15ClFNO4. The predicted molar refractivity (Wildman–Crippen MR) is 70.7 cm³/mol. The third kappa shape index (κ3) is 5.14. The first-order chi connectivity index (χ1) is 9.46. The second kappa shape index (κ2) is 7.81. The fourth-order valence-corrected chi connectivity index (χ4v) is 1.68. The van der Waals surface area contributed by atoms with Crippen molar-refractivity contribution in [3.05, 3.63) is 34.6 Å². The first-order valence-corrected chi connectivity index (χ1v) is 6.14. The molecule has 1 rings (SSSR count). The third-order valence-corrected chi connectivity index (χ3v) is 2.86. The van der Waals surface area contributed by atoms with Crippen LogP contribution in [0.5, 0.6) is 0 Å². The fourth-order valence-electron chi connectivity index (χ4n) is 1.56. The lowest BCUT2D eigenvalue weighted by Crippen LogP contribution is -2.35. The highest BCUT2D eigenvalue weighted by molar-refractivity contribution is 6.30. The Balaban J connectivity index is 2.78. The number of benzene rings is 1. The molecule has 110 valence electrons. The average Bonchev–Trinajstić information content (AvgIpc) is 2.42. The summed E-state index contributed by atoms with van der Waals surface area (Å²) >= 11 is 5.59. The highest BCUT2D eigenvalue weighted by Crippen LogP contribution is 2.16. The number of hydrogen-bond donors (Lipinski definition) is 0. The van der Waals surface area contributed by atoms with Crippen LogP contribution >= 0.6 is 11.6 Å². The van der Waals surface area contributed by atoms with Gasteiger partial charge in [0.2, 0.25) is 0 Å². The topological polar surface area (TPSA) is 55.8 Å². The third-order valence-electron chi connectivity index (χ3n) is 2.55. The minimum Gasteiger partial charge on any atom is -0.468 e. The van der Waals surface area contributed by atoms with Gasteiger partial charge in [-0.3, -0.25) is 14.5 Å². The summed E-state index contributed by atoms with van der Waals surface area (Å²) in [6.07, 6.45) is 0. The van der Waals surface area contributed by atoms with E-state index in [0.29, 0.717) is 5.56 Å². The molecule has 7 heteroatoms. The van der Waals surface area contributed by atoms with Gasteiger partial charge in [0.1, 0.15) is 5.82 Å². The summed E-state index contributed by atoms with van der Waals surface area (Å²) in [5, 5.41) is 0.0150. The Bertz CT molecular complexity index is 477. The maximum atomic E-state index is 13.4. The number of halogens is 2. The van der Waals surface area contributed by atoms with Crippen LogP contribution in [-0.2, 0) is 25.6 Å². The van der Waals surface area contributed by atoms with Gasteiger partial charge in [-0.25, -0.2) is 4.39 Å². The number of nitrogens with zero attached hydrogens (tertiary/aromatic N) is 1. The van der Waals surface area contributed by atoms with Crippen molar-refractivity contribution in [3.63, 3.8) is 0 Å². The van der Waals surface area contributed by atoms with Gasteiger partial charge < -0.3 is 9.47 Å². The molecule has 0 saturated heterocycles. The van der Waals surface area contributed by atoms with Crippen LogP contribution < -0.4 is 0 Å². The molecule has 0 bridgehead atoms. The molecule has 5 nitrogen and oxygen atoms in total. The van der Waals surface area contributed by atoms with Crippen LogP contribution in [0.3, 0.4) is 0 Å². The number of rotatable bonds is 6. The van der Waals surface area contributed by atoms with Crippen LogP contribution in [0.4, 0.5) is 4.39 Å². The first kappa shape index (κ1) is 16.4. The van der Waals surface area contributed by atoms with Crippen LogP contribution in [-0.4, -0.2) is 44.1 Å². The van der Waals surface area contributed by atoms with Crippen molar-refractivity contribution in [1.29, 1.82) is 0 Å². The van der Waals surface area contributed by atoms with Crippen LogP contribution in [0, 0.1) is 5.82 Å². The maximum Gasteiger partial charge on any atom is 0.319 e. The van der Waals surface area contributed by atoms with Gasteiger partial charge in [0.25, 0.3) is 0 Å². The van der Waals surface area contributed by atoms with Crippen LogP contribution in [0.15, 0.2) is 18.2 Å². The summed E-state index contributed by atoms with van der Waals surface area (Å²) in [6.45, 7) is -0.00994. The molecule has 0 aliphatic heterocycles. The van der Waals surface area contributed by atoms with E-state index in [1.165, 1.54) is 31.3 Å². The highest BCUT2D eigenvalue weighted by Gasteiger charge is 2.16. The van der Waals surface area contributed by atoms with Crippen LogP contribution in [0.25, 0.3) is 0 Å². The standard InChI is InChI=1S/C13H15ClFNO4/c1-19-12(17)7-16(8-13(18)20-2)6-9-3-4-10(14)11(15)5-9/h3-5H,6-8H2,1-2H3. The van der Waals surface area contributed by atoms with Crippen molar-refractivity contribution in [3.8, 4) is 0 Å². The summed E-state index contributed by atoms with van der Waals surface area (Å²) in [5.41, 5.74) is 0.583. The molecule has 1 aromatic carbocycles. The second-order valence-electron chi connectivity index (χ2n) is 4.05. The summed E-state index contributed by atoms with van der Waals surface area (Å²) in [6, 6.07) is 4.29. The number of methoxy groups -OCH3 is 2. The number of carbonyl (C=O) groups is 2. The molecule has 0 aliphatic carbocycles. The number of esters is 2. The first-order valence-electron chi connectivity index (χ1n) is 5.76. The van der Waals surface area contributed by atoms with Gasteiger partial charge in [-0.15, -0.1) is 0 Å². The molecule has 0 heterocycles. The van der Waals surface area contributed by atoms with Crippen molar-refractivity contribution < 1.29 is 23.5 Å². The molecule has 1 aromatic rings. The molecule has 0 atom stereocenters. The van der Waals surface area contributed by atoms with Gasteiger partial charge in [-0.2, -0.15) is 0 Å². The SMILES string of the molecule is COC(=O)CN(CC(=O)OC)Cc1ccc(Cl)c(F)c1. The molecule has 0 radical (unpaired) electrons. The summed E-state index contributed by atoms with van der Waals surface area (Å²) in [4.78, 5) is 24.1. The van der Waals surface area contributed by atoms with Gasteiger partial charge >= 0.3 is 11.9 Å². The van der Waals surface area contributed by atoms with E-state index in [-0.39, 0.29) is 24.7 Å². The van der Waals surface area contributed by atoms with Gasteiger partial charge in [0.05, 0.1) is 32.3 Å². The van der Waals surface area contributed by atoms with Crippen molar-refractivity contribution in [2.45, 2.75) is 6.54 Å². The summed E-state index contributed by atoms with van der Waals surface area (Å²) < 4.78 is 22.5. The van der Waals surface area contributed by atoms with E-state index in [9.17, 15) is 14.0 Å². The zero-order valence-corrected chi connectivity index (χ0v) is 11.9. The Morgan fingerprint density at radius 1 is 1.20 bits per heavy atom. The zero-order chi connectivity index (χ0) is 15.1. The van der Waals surface area contributed by atoms with E-state index in [1.54, 1.807) is 6.07 Å². The van der Waals surface area contributed by atoms with E-state index in [0.717, 1.165) is 0 Å². The molecule has 0 N–H and O–H groups in total. The lowest BCUT2D eigenvalue weighted by molar-refractivity contribution is -0.145. The molecule has 0 aliphatic rings. The van der Waals surface area contributed by atoms with E-state index >= 15 is 0 Å². The van der Waals surface area contributed by atoms with E-state index in [4.69, 9.17) is 11.6 Å². The monoisotopic (exact) mass is 303 g/mol. The predicted octanol–water partition coefficient (Wildman–Crippen LogP) is 1.63. The van der Waals surface area contributed by atoms with Crippen molar-refractivity contribution >= 4 is 23.5 Å². The summed E-state index contributed by atoms with van der Waals surface area (Å²) in [7, 11) is 2.50. The number of carbonyl (C=O) groups excluding carboxylic acids is 2. The van der Waals surface area contributed by atoms with Gasteiger partial charge in [0, 0.05) is 6.54 Å². The minimum absolute atomic E-state index is 0.0150. The minimum atomic E-state index is -0.555. The molecular weight excluding hydrogens is 289 g/mol. The fraction of sp³-hybridized carbons (Fsp3) is 0.385. The molecule has 0 fully saturated rings. The van der Waals surface area contributed by atoms with E-state index in [1.807, 2.05) is 0 Å². The summed E-state index contributed by atoms with van der Waals surface area (Å²) in [5.74, 6) is -1.55. The molecule has 0 spiro atoms.